The third-order valence-electron chi connectivity index (χ3n) is 4.47. The quantitative estimate of drug-likeness (QED) is 0.563. The minimum atomic E-state index is 0.375. The van der Waals surface area contributed by atoms with Gasteiger partial charge in [0.2, 0.25) is 5.95 Å². The second-order valence-electron chi connectivity index (χ2n) is 5.91. The molecule has 23 heavy (non-hydrogen) atoms. The number of pyridine rings is 2. The molecule has 0 aliphatic carbocycles. The summed E-state index contributed by atoms with van der Waals surface area (Å²) in [6.07, 6.45) is 3.82. The van der Waals surface area contributed by atoms with Crippen LogP contribution in [0, 0.1) is 0 Å². The first-order valence-electron chi connectivity index (χ1n) is 7.63. The van der Waals surface area contributed by atoms with Gasteiger partial charge < -0.3 is 4.90 Å². The molecule has 5 heterocycles. The third kappa shape index (κ3) is 1.76. The van der Waals surface area contributed by atoms with Crippen molar-refractivity contribution in [3.05, 3.63) is 48.5 Å². The first kappa shape index (κ1) is 12.6. The predicted molar refractivity (Wildman–Crippen MR) is 86.5 cm³/mol. The molecular formula is C16H15N7. The van der Waals surface area contributed by atoms with Gasteiger partial charge in [0.1, 0.15) is 11.3 Å². The van der Waals surface area contributed by atoms with E-state index in [0.717, 1.165) is 41.7 Å². The lowest BCUT2D eigenvalue weighted by atomic mass is 10.00. The lowest BCUT2D eigenvalue weighted by Crippen LogP contribution is -2.47. The highest BCUT2D eigenvalue weighted by Crippen LogP contribution is 2.31. The van der Waals surface area contributed by atoms with E-state index < -0.39 is 0 Å². The van der Waals surface area contributed by atoms with Crippen LogP contribution >= 0.6 is 0 Å². The van der Waals surface area contributed by atoms with Crippen LogP contribution in [0.4, 0.5) is 5.95 Å². The highest BCUT2D eigenvalue weighted by atomic mass is 15.4. The van der Waals surface area contributed by atoms with Crippen molar-refractivity contribution in [1.82, 2.24) is 29.1 Å². The van der Waals surface area contributed by atoms with Gasteiger partial charge in [-0.25, -0.2) is 9.97 Å². The topological polar surface area (TPSA) is 64.1 Å². The number of aryl methyl sites for hydroxylation is 1. The van der Waals surface area contributed by atoms with Gasteiger partial charge >= 0.3 is 0 Å². The average molecular weight is 305 g/mol. The van der Waals surface area contributed by atoms with Gasteiger partial charge in [0.05, 0.1) is 5.92 Å². The van der Waals surface area contributed by atoms with Crippen LogP contribution in [-0.4, -0.2) is 42.2 Å². The fourth-order valence-corrected chi connectivity index (χ4v) is 3.24. The van der Waals surface area contributed by atoms with Crippen molar-refractivity contribution in [3.63, 3.8) is 0 Å². The summed E-state index contributed by atoms with van der Waals surface area (Å²) in [6.45, 7) is 1.79. The summed E-state index contributed by atoms with van der Waals surface area (Å²) < 4.78 is 4.12. The molecule has 1 saturated heterocycles. The van der Waals surface area contributed by atoms with E-state index in [0.29, 0.717) is 5.92 Å². The van der Waals surface area contributed by atoms with Gasteiger partial charge in [-0.05, 0) is 24.3 Å². The average Bonchev–Trinajstić information content (AvgIpc) is 3.10. The van der Waals surface area contributed by atoms with E-state index in [4.69, 9.17) is 4.98 Å². The number of hydrogen-bond acceptors (Lipinski definition) is 5. The first-order valence-corrected chi connectivity index (χ1v) is 7.63. The minimum absolute atomic E-state index is 0.375. The number of hydrogen-bond donors (Lipinski definition) is 0. The number of imidazole rings is 1. The van der Waals surface area contributed by atoms with Gasteiger partial charge in [-0.15, -0.1) is 10.2 Å². The Labute approximate surface area is 132 Å². The minimum Gasteiger partial charge on any atom is -0.341 e. The molecule has 7 nitrogen and oxygen atoms in total. The molecule has 0 bridgehead atoms. The lowest BCUT2D eigenvalue weighted by Gasteiger charge is -2.38. The number of aromatic nitrogens is 6. The van der Waals surface area contributed by atoms with Gasteiger partial charge in [0.25, 0.3) is 0 Å². The highest BCUT2D eigenvalue weighted by molar-refractivity contribution is 5.74. The van der Waals surface area contributed by atoms with Crippen LogP contribution in [0.25, 0.3) is 16.8 Å². The monoisotopic (exact) mass is 305 g/mol. The predicted octanol–water partition coefficient (Wildman–Crippen LogP) is 1.61. The van der Waals surface area contributed by atoms with Crippen molar-refractivity contribution < 1.29 is 0 Å². The molecule has 1 aliphatic heterocycles. The van der Waals surface area contributed by atoms with E-state index in [1.807, 2.05) is 48.1 Å². The van der Waals surface area contributed by atoms with E-state index in [1.165, 1.54) is 0 Å². The van der Waals surface area contributed by atoms with Crippen LogP contribution in [0.3, 0.4) is 0 Å². The Hall–Kier alpha value is -2.96. The van der Waals surface area contributed by atoms with Gasteiger partial charge in [-0.2, -0.15) is 0 Å². The van der Waals surface area contributed by atoms with Crippen molar-refractivity contribution in [2.45, 2.75) is 5.92 Å². The third-order valence-corrected chi connectivity index (χ3v) is 4.47. The van der Waals surface area contributed by atoms with E-state index in [1.54, 1.807) is 6.20 Å². The molecule has 0 amide bonds. The summed E-state index contributed by atoms with van der Waals surface area (Å²) in [5.41, 5.74) is 2.74. The van der Waals surface area contributed by atoms with Crippen LogP contribution in [0.2, 0.25) is 0 Å². The first-order chi connectivity index (χ1) is 11.3. The molecule has 7 heteroatoms. The fraction of sp³-hybridized carbons (Fsp3) is 0.250. The van der Waals surface area contributed by atoms with Crippen LogP contribution < -0.4 is 4.90 Å². The zero-order valence-corrected chi connectivity index (χ0v) is 12.7. The van der Waals surface area contributed by atoms with Crippen LogP contribution in [0.15, 0.2) is 42.7 Å². The number of fused-ring (bicyclic) bond motifs is 2. The smallest absolute Gasteiger partial charge is 0.207 e. The summed E-state index contributed by atoms with van der Waals surface area (Å²) in [4.78, 5) is 11.4. The molecule has 0 saturated carbocycles. The Bertz CT molecular complexity index is 1010. The molecule has 0 spiro atoms. The normalized spacial score (nSPS) is 15.4. The number of rotatable bonds is 2. The Morgan fingerprint density at radius 2 is 2.00 bits per heavy atom. The zero-order chi connectivity index (χ0) is 15.4. The molecule has 114 valence electrons. The van der Waals surface area contributed by atoms with Crippen LogP contribution in [-0.2, 0) is 7.05 Å². The number of nitrogens with zero attached hydrogens (tertiary/aromatic N) is 7. The number of anilines is 1. The molecule has 1 aliphatic rings. The molecular weight excluding hydrogens is 290 g/mol. The summed E-state index contributed by atoms with van der Waals surface area (Å²) in [5.74, 6) is 2.36. The summed E-state index contributed by atoms with van der Waals surface area (Å²) in [6, 6.07) is 9.88. The van der Waals surface area contributed by atoms with Crippen molar-refractivity contribution >= 4 is 22.8 Å². The van der Waals surface area contributed by atoms with Gasteiger partial charge in [-0.3, -0.25) is 8.97 Å². The molecule has 0 unspecified atom stereocenters. The maximum absolute atomic E-state index is 4.70. The molecule has 4 aromatic heterocycles. The maximum atomic E-state index is 4.70. The molecule has 4 aromatic rings. The van der Waals surface area contributed by atoms with Crippen molar-refractivity contribution in [2.24, 2.45) is 7.05 Å². The van der Waals surface area contributed by atoms with E-state index in [9.17, 15) is 0 Å². The Balaban J connectivity index is 1.45. The highest BCUT2D eigenvalue weighted by Gasteiger charge is 2.34. The Morgan fingerprint density at radius 3 is 2.87 bits per heavy atom. The molecule has 5 rings (SSSR count). The Morgan fingerprint density at radius 1 is 1.09 bits per heavy atom. The second-order valence-corrected chi connectivity index (χ2v) is 5.91. The second kappa shape index (κ2) is 4.52. The maximum Gasteiger partial charge on any atom is 0.207 e. The van der Waals surface area contributed by atoms with Gasteiger partial charge in [0, 0.05) is 32.5 Å². The SMILES string of the molecule is Cn1c(N2CC(c3nnc4ccccn34)C2)nc2cccnc21. The molecule has 0 N–H and O–H groups in total. The lowest BCUT2D eigenvalue weighted by molar-refractivity contribution is 0.483. The zero-order valence-electron chi connectivity index (χ0n) is 12.7. The summed E-state index contributed by atoms with van der Waals surface area (Å²) in [5, 5.41) is 8.59. The Kier molecular flexibility index (Phi) is 2.47. The molecule has 0 aromatic carbocycles. The van der Waals surface area contributed by atoms with E-state index >= 15 is 0 Å². The van der Waals surface area contributed by atoms with Gasteiger partial charge in [-0.1, -0.05) is 6.07 Å². The van der Waals surface area contributed by atoms with Crippen molar-refractivity contribution in [3.8, 4) is 0 Å². The van der Waals surface area contributed by atoms with Crippen molar-refractivity contribution in [2.75, 3.05) is 18.0 Å². The molecule has 1 fully saturated rings. The van der Waals surface area contributed by atoms with Gasteiger partial charge in [0.15, 0.2) is 11.3 Å². The standard InChI is InChI=1S/C16H15N7/c1-21-15-12(5-4-7-17-15)18-16(21)22-9-11(10-22)14-20-19-13-6-2-3-8-23(13)14/h2-8,11H,9-10H2,1H3. The summed E-state index contributed by atoms with van der Waals surface area (Å²) >= 11 is 0. The molecule has 0 radical (unpaired) electrons. The largest absolute Gasteiger partial charge is 0.341 e. The van der Waals surface area contributed by atoms with E-state index in [-0.39, 0.29) is 0 Å². The fourth-order valence-electron chi connectivity index (χ4n) is 3.24. The van der Waals surface area contributed by atoms with Crippen LogP contribution in [0.1, 0.15) is 11.7 Å². The van der Waals surface area contributed by atoms with Crippen LogP contribution in [0.5, 0.6) is 0 Å². The molecule has 0 atom stereocenters. The summed E-state index contributed by atoms with van der Waals surface area (Å²) in [7, 11) is 2.01. The van der Waals surface area contributed by atoms with E-state index in [2.05, 4.69) is 24.5 Å². The van der Waals surface area contributed by atoms with Crippen molar-refractivity contribution in [1.29, 1.82) is 0 Å².